The molecule has 2 rings (SSSR count). The molecule has 19 heavy (non-hydrogen) atoms. The van der Waals surface area contributed by atoms with Crippen LogP contribution in [0.5, 0.6) is 0 Å². The fraction of sp³-hybridized carbons (Fsp3) is 0.143. The number of carbonyl (C=O) groups is 1. The topological polar surface area (TPSA) is 68.0 Å². The molecular formula is C14H14FN3O. The average Bonchev–Trinajstić information content (AvgIpc) is 2.39. The van der Waals surface area contributed by atoms with E-state index in [4.69, 9.17) is 5.73 Å². The van der Waals surface area contributed by atoms with Crippen LogP contribution in [0.2, 0.25) is 0 Å². The molecule has 0 aliphatic heterocycles. The molecule has 0 saturated heterocycles. The van der Waals surface area contributed by atoms with Gasteiger partial charge in [-0.3, -0.25) is 4.79 Å². The van der Waals surface area contributed by atoms with E-state index in [0.29, 0.717) is 6.54 Å². The van der Waals surface area contributed by atoms with Crippen LogP contribution in [0.3, 0.4) is 0 Å². The Hall–Kier alpha value is -2.43. The number of rotatable bonds is 3. The van der Waals surface area contributed by atoms with E-state index in [-0.39, 0.29) is 11.4 Å². The summed E-state index contributed by atoms with van der Waals surface area (Å²) in [6, 6.07) is 8.83. The molecule has 0 atom stereocenters. The van der Waals surface area contributed by atoms with E-state index in [9.17, 15) is 9.18 Å². The summed E-state index contributed by atoms with van der Waals surface area (Å²) >= 11 is 0. The molecule has 0 saturated carbocycles. The number of nitrogens with two attached hydrogens (primary N) is 1. The molecule has 0 bridgehead atoms. The fourth-order valence-electron chi connectivity index (χ4n) is 1.73. The van der Waals surface area contributed by atoms with E-state index in [0.717, 1.165) is 23.4 Å². The Bertz CT molecular complexity index is 613. The third-order valence-electron chi connectivity index (χ3n) is 2.67. The number of amides is 1. The van der Waals surface area contributed by atoms with Gasteiger partial charge in [0.05, 0.1) is 11.8 Å². The van der Waals surface area contributed by atoms with Crippen molar-refractivity contribution < 1.29 is 9.18 Å². The van der Waals surface area contributed by atoms with E-state index in [1.54, 1.807) is 0 Å². The van der Waals surface area contributed by atoms with Crippen molar-refractivity contribution in [2.45, 2.75) is 13.5 Å². The van der Waals surface area contributed by atoms with Crippen molar-refractivity contribution in [1.29, 1.82) is 0 Å². The number of hydrogen-bond acceptors (Lipinski definition) is 3. The normalized spacial score (nSPS) is 10.2. The van der Waals surface area contributed by atoms with Gasteiger partial charge in [-0.2, -0.15) is 0 Å². The number of carbonyl (C=O) groups excluding carboxylic acids is 1. The first kappa shape index (κ1) is 13.0. The predicted octanol–water partition coefficient (Wildman–Crippen LogP) is 2.04. The van der Waals surface area contributed by atoms with Crippen LogP contribution in [0.25, 0.3) is 0 Å². The molecule has 0 unspecified atom stereocenters. The molecule has 0 aliphatic carbocycles. The summed E-state index contributed by atoms with van der Waals surface area (Å²) in [7, 11) is 0. The maximum absolute atomic E-state index is 13.0. The van der Waals surface area contributed by atoms with E-state index >= 15 is 0 Å². The lowest BCUT2D eigenvalue weighted by Crippen LogP contribution is -2.24. The highest BCUT2D eigenvalue weighted by molar-refractivity contribution is 5.98. The van der Waals surface area contributed by atoms with Gasteiger partial charge >= 0.3 is 0 Å². The van der Waals surface area contributed by atoms with E-state index in [1.165, 1.54) is 0 Å². The molecule has 1 amide bonds. The summed E-state index contributed by atoms with van der Waals surface area (Å²) < 4.78 is 13.0. The number of nitrogen functional groups attached to an aromatic ring is 1. The molecule has 98 valence electrons. The Labute approximate surface area is 110 Å². The lowest BCUT2D eigenvalue weighted by molar-refractivity contribution is 0.0951. The second kappa shape index (κ2) is 5.48. The summed E-state index contributed by atoms with van der Waals surface area (Å²) in [5.74, 6) is -1.01. The smallest absolute Gasteiger partial charge is 0.255 e. The second-order valence-electron chi connectivity index (χ2n) is 4.26. The lowest BCUT2D eigenvalue weighted by Gasteiger charge is -2.07. The van der Waals surface area contributed by atoms with E-state index in [2.05, 4.69) is 10.3 Å². The van der Waals surface area contributed by atoms with Crippen LogP contribution in [0.1, 0.15) is 21.5 Å². The maximum Gasteiger partial charge on any atom is 0.255 e. The van der Waals surface area contributed by atoms with Crippen molar-refractivity contribution in [3.8, 4) is 0 Å². The summed E-state index contributed by atoms with van der Waals surface area (Å²) in [4.78, 5) is 15.5. The third-order valence-corrected chi connectivity index (χ3v) is 2.67. The SMILES string of the molecule is Cc1cccc(CNC(=O)c2cc(F)cnc2N)c1. The van der Waals surface area contributed by atoms with Gasteiger partial charge in [0.2, 0.25) is 0 Å². The number of pyridine rings is 1. The number of aryl methyl sites for hydroxylation is 1. The minimum Gasteiger partial charge on any atom is -0.383 e. The lowest BCUT2D eigenvalue weighted by atomic mass is 10.1. The number of nitrogens with one attached hydrogen (secondary N) is 1. The third kappa shape index (κ3) is 3.28. The van der Waals surface area contributed by atoms with Crippen LogP contribution >= 0.6 is 0 Å². The van der Waals surface area contributed by atoms with E-state index in [1.807, 2.05) is 31.2 Å². The molecule has 1 heterocycles. The largest absolute Gasteiger partial charge is 0.383 e. The number of anilines is 1. The summed E-state index contributed by atoms with van der Waals surface area (Å²) in [6.45, 7) is 2.33. The van der Waals surface area contributed by atoms with Crippen LogP contribution in [-0.2, 0) is 6.54 Å². The van der Waals surface area contributed by atoms with Crippen LogP contribution in [0, 0.1) is 12.7 Å². The highest BCUT2D eigenvalue weighted by Gasteiger charge is 2.11. The van der Waals surface area contributed by atoms with Gasteiger partial charge in [0.25, 0.3) is 5.91 Å². The van der Waals surface area contributed by atoms with Gasteiger partial charge in [0.15, 0.2) is 0 Å². The Morgan fingerprint density at radius 3 is 2.95 bits per heavy atom. The van der Waals surface area contributed by atoms with Crippen molar-refractivity contribution in [2.75, 3.05) is 5.73 Å². The van der Waals surface area contributed by atoms with Crippen molar-refractivity contribution >= 4 is 11.7 Å². The van der Waals surface area contributed by atoms with Gasteiger partial charge in [-0.05, 0) is 18.6 Å². The maximum atomic E-state index is 13.0. The minimum absolute atomic E-state index is 0.0168. The first-order chi connectivity index (χ1) is 9.06. The van der Waals surface area contributed by atoms with E-state index < -0.39 is 11.7 Å². The van der Waals surface area contributed by atoms with Gasteiger partial charge in [-0.15, -0.1) is 0 Å². The number of halogens is 1. The van der Waals surface area contributed by atoms with Gasteiger partial charge in [0.1, 0.15) is 11.6 Å². The number of hydrogen-bond donors (Lipinski definition) is 2. The molecule has 1 aromatic heterocycles. The van der Waals surface area contributed by atoms with Gasteiger partial charge in [-0.25, -0.2) is 9.37 Å². The van der Waals surface area contributed by atoms with Crippen molar-refractivity contribution in [3.63, 3.8) is 0 Å². The van der Waals surface area contributed by atoms with Crippen LogP contribution in [0.15, 0.2) is 36.5 Å². The highest BCUT2D eigenvalue weighted by Crippen LogP contribution is 2.10. The van der Waals surface area contributed by atoms with Crippen molar-refractivity contribution in [3.05, 3.63) is 59.0 Å². The molecule has 0 spiro atoms. The van der Waals surface area contributed by atoms with Crippen molar-refractivity contribution in [2.24, 2.45) is 0 Å². The highest BCUT2D eigenvalue weighted by atomic mass is 19.1. The number of benzene rings is 1. The Morgan fingerprint density at radius 1 is 1.42 bits per heavy atom. The summed E-state index contributed by atoms with van der Waals surface area (Å²) in [5, 5.41) is 2.68. The Balaban J connectivity index is 2.07. The number of aromatic nitrogens is 1. The first-order valence-electron chi connectivity index (χ1n) is 5.81. The second-order valence-corrected chi connectivity index (χ2v) is 4.26. The van der Waals surface area contributed by atoms with Crippen molar-refractivity contribution in [1.82, 2.24) is 10.3 Å². The quantitative estimate of drug-likeness (QED) is 0.886. The van der Waals surface area contributed by atoms with Gasteiger partial charge in [-0.1, -0.05) is 29.8 Å². The fourth-order valence-corrected chi connectivity index (χ4v) is 1.73. The Kier molecular flexibility index (Phi) is 3.75. The molecular weight excluding hydrogens is 245 g/mol. The zero-order valence-corrected chi connectivity index (χ0v) is 10.5. The summed E-state index contributed by atoms with van der Waals surface area (Å²) in [5.41, 5.74) is 7.67. The monoisotopic (exact) mass is 259 g/mol. The molecule has 5 heteroatoms. The molecule has 0 aliphatic rings. The zero-order chi connectivity index (χ0) is 13.8. The van der Waals surface area contributed by atoms with Crippen LogP contribution in [0.4, 0.5) is 10.2 Å². The molecule has 2 aromatic rings. The van der Waals surface area contributed by atoms with Gasteiger partial charge < -0.3 is 11.1 Å². The molecule has 4 nitrogen and oxygen atoms in total. The molecule has 3 N–H and O–H groups in total. The minimum atomic E-state index is -0.588. The standard InChI is InChI=1S/C14H14FN3O/c1-9-3-2-4-10(5-9)7-18-14(19)12-6-11(15)8-17-13(12)16/h2-6,8H,7H2,1H3,(H2,16,17)(H,18,19). The Morgan fingerprint density at radius 2 is 2.21 bits per heavy atom. The predicted molar refractivity (Wildman–Crippen MR) is 71.0 cm³/mol. The first-order valence-corrected chi connectivity index (χ1v) is 5.81. The molecule has 0 fully saturated rings. The molecule has 0 radical (unpaired) electrons. The van der Waals surface area contributed by atoms with Crippen LogP contribution in [-0.4, -0.2) is 10.9 Å². The summed E-state index contributed by atoms with van der Waals surface area (Å²) in [6.07, 6.45) is 0.979. The molecule has 1 aromatic carbocycles. The van der Waals surface area contributed by atoms with Gasteiger partial charge in [0, 0.05) is 6.54 Å². The average molecular weight is 259 g/mol. The number of nitrogens with zero attached hydrogens (tertiary/aromatic N) is 1. The van der Waals surface area contributed by atoms with Crippen LogP contribution < -0.4 is 11.1 Å². The zero-order valence-electron chi connectivity index (χ0n) is 10.5.